The highest BCUT2D eigenvalue weighted by atomic mass is 79.9. The molecule has 0 aromatic heterocycles. The van der Waals surface area contributed by atoms with Crippen molar-refractivity contribution in [3.05, 3.63) is 34.3 Å². The van der Waals surface area contributed by atoms with Crippen molar-refractivity contribution in [3.8, 4) is 0 Å². The molecule has 0 spiro atoms. The molecule has 0 unspecified atom stereocenters. The molecule has 0 N–H and O–H groups in total. The van der Waals surface area contributed by atoms with Crippen LogP contribution in [0.1, 0.15) is 5.56 Å². The van der Waals surface area contributed by atoms with Gasteiger partial charge in [0.05, 0.1) is 32.2 Å². The van der Waals surface area contributed by atoms with E-state index in [0.29, 0.717) is 19.8 Å². The SMILES string of the molecule is O=S(=O)(Cl)CCOCCOCc1ccc(Br)cc1. The molecule has 1 rings (SSSR count). The van der Waals surface area contributed by atoms with Crippen LogP contribution in [-0.4, -0.2) is 34.0 Å². The van der Waals surface area contributed by atoms with Gasteiger partial charge in [0.1, 0.15) is 0 Å². The Bertz CT molecular complexity index is 447. The van der Waals surface area contributed by atoms with E-state index >= 15 is 0 Å². The molecule has 7 heteroatoms. The van der Waals surface area contributed by atoms with Crippen LogP contribution >= 0.6 is 26.6 Å². The summed E-state index contributed by atoms with van der Waals surface area (Å²) in [7, 11) is 1.56. The standard InChI is InChI=1S/C11H14BrClO4S/c12-11-3-1-10(2-4-11)9-17-6-5-16-7-8-18(13,14)15/h1-4H,5-9H2. The molecule has 0 aliphatic rings. The van der Waals surface area contributed by atoms with Gasteiger partial charge < -0.3 is 9.47 Å². The third kappa shape index (κ3) is 8.05. The molecular formula is C11H14BrClO4S. The maximum atomic E-state index is 10.6. The first kappa shape index (κ1) is 15.9. The Morgan fingerprint density at radius 2 is 1.67 bits per heavy atom. The zero-order valence-electron chi connectivity index (χ0n) is 9.64. The zero-order chi connectivity index (χ0) is 13.4. The average molecular weight is 358 g/mol. The summed E-state index contributed by atoms with van der Waals surface area (Å²) >= 11 is 3.35. The van der Waals surface area contributed by atoms with Crippen LogP contribution in [0.2, 0.25) is 0 Å². The Labute approximate surface area is 120 Å². The third-order valence-corrected chi connectivity index (χ3v) is 3.67. The van der Waals surface area contributed by atoms with Gasteiger partial charge >= 0.3 is 0 Å². The maximum Gasteiger partial charge on any atom is 0.234 e. The molecule has 0 heterocycles. The fourth-order valence-corrected chi connectivity index (χ4v) is 1.92. The number of halogens is 2. The number of rotatable bonds is 8. The topological polar surface area (TPSA) is 52.6 Å². The minimum atomic E-state index is -3.46. The number of hydrogen-bond acceptors (Lipinski definition) is 4. The predicted molar refractivity (Wildman–Crippen MR) is 74.3 cm³/mol. The van der Waals surface area contributed by atoms with Gasteiger partial charge in [-0.05, 0) is 17.7 Å². The van der Waals surface area contributed by atoms with Gasteiger partial charge in [0.25, 0.3) is 0 Å². The second-order valence-corrected chi connectivity index (χ2v) is 7.35. The highest BCUT2D eigenvalue weighted by molar-refractivity contribution is 9.10. The van der Waals surface area contributed by atoms with E-state index < -0.39 is 9.05 Å². The van der Waals surface area contributed by atoms with E-state index in [1.54, 1.807) is 0 Å². The first-order chi connectivity index (χ1) is 8.47. The van der Waals surface area contributed by atoms with E-state index in [4.69, 9.17) is 20.2 Å². The molecule has 0 saturated carbocycles. The highest BCUT2D eigenvalue weighted by Gasteiger charge is 2.03. The number of ether oxygens (including phenoxy) is 2. The van der Waals surface area contributed by atoms with Crippen LogP contribution in [0.25, 0.3) is 0 Å². The normalized spacial score (nSPS) is 11.7. The van der Waals surface area contributed by atoms with Crippen molar-refractivity contribution < 1.29 is 17.9 Å². The lowest BCUT2D eigenvalue weighted by Gasteiger charge is -2.05. The quantitative estimate of drug-likeness (QED) is 0.530. The van der Waals surface area contributed by atoms with Crippen LogP contribution in [0.3, 0.4) is 0 Å². The first-order valence-electron chi connectivity index (χ1n) is 5.29. The fourth-order valence-electron chi connectivity index (χ4n) is 1.15. The molecule has 0 atom stereocenters. The smallest absolute Gasteiger partial charge is 0.234 e. The van der Waals surface area contributed by atoms with Crippen molar-refractivity contribution in [2.75, 3.05) is 25.6 Å². The maximum absolute atomic E-state index is 10.6. The summed E-state index contributed by atoms with van der Waals surface area (Å²) < 4.78 is 32.6. The number of hydrogen-bond donors (Lipinski definition) is 0. The molecule has 102 valence electrons. The summed E-state index contributed by atoms with van der Waals surface area (Å²) in [5, 5.41) is 0. The average Bonchev–Trinajstić information content (AvgIpc) is 2.29. The Balaban J connectivity index is 2.04. The van der Waals surface area contributed by atoms with Crippen LogP contribution in [0.4, 0.5) is 0 Å². The Morgan fingerprint density at radius 3 is 2.28 bits per heavy atom. The Hall–Kier alpha value is -0.140. The molecule has 0 amide bonds. The van der Waals surface area contributed by atoms with Gasteiger partial charge in [-0.15, -0.1) is 0 Å². The minimum Gasteiger partial charge on any atom is -0.378 e. The van der Waals surface area contributed by atoms with Gasteiger partial charge in [-0.3, -0.25) is 0 Å². The monoisotopic (exact) mass is 356 g/mol. The molecule has 0 saturated heterocycles. The molecular weight excluding hydrogens is 344 g/mol. The summed E-state index contributed by atoms with van der Waals surface area (Å²) in [4.78, 5) is 0. The second-order valence-electron chi connectivity index (χ2n) is 3.53. The van der Waals surface area contributed by atoms with Gasteiger partial charge in [-0.2, -0.15) is 0 Å². The highest BCUT2D eigenvalue weighted by Crippen LogP contribution is 2.10. The summed E-state index contributed by atoms with van der Waals surface area (Å²) in [6.45, 7) is 1.36. The van der Waals surface area contributed by atoms with E-state index in [-0.39, 0.29) is 12.4 Å². The van der Waals surface area contributed by atoms with Gasteiger partial charge in [0, 0.05) is 15.2 Å². The van der Waals surface area contributed by atoms with Crippen molar-refractivity contribution >= 4 is 35.7 Å². The Kier molecular flexibility index (Phi) is 7.18. The van der Waals surface area contributed by atoms with Crippen LogP contribution in [0.15, 0.2) is 28.7 Å². The van der Waals surface area contributed by atoms with E-state index in [2.05, 4.69) is 15.9 Å². The van der Waals surface area contributed by atoms with Crippen molar-refractivity contribution in [3.63, 3.8) is 0 Å². The zero-order valence-corrected chi connectivity index (χ0v) is 12.8. The summed E-state index contributed by atoms with van der Waals surface area (Å²) in [6, 6.07) is 7.82. The number of benzene rings is 1. The van der Waals surface area contributed by atoms with Gasteiger partial charge in [-0.25, -0.2) is 8.42 Å². The third-order valence-electron chi connectivity index (χ3n) is 2.03. The van der Waals surface area contributed by atoms with Crippen LogP contribution in [0, 0.1) is 0 Å². The molecule has 0 bridgehead atoms. The van der Waals surface area contributed by atoms with Crippen LogP contribution in [0.5, 0.6) is 0 Å². The van der Waals surface area contributed by atoms with Gasteiger partial charge in [0.2, 0.25) is 9.05 Å². The van der Waals surface area contributed by atoms with Crippen molar-refractivity contribution in [1.82, 2.24) is 0 Å². The van der Waals surface area contributed by atoms with Gasteiger partial charge in [-0.1, -0.05) is 28.1 Å². The predicted octanol–water partition coefficient (Wildman–Crippen LogP) is 2.55. The summed E-state index contributed by atoms with van der Waals surface area (Å²) in [5.41, 5.74) is 1.07. The Morgan fingerprint density at radius 1 is 1.06 bits per heavy atom. The summed E-state index contributed by atoms with van der Waals surface area (Å²) in [6.07, 6.45) is 0. The molecule has 0 radical (unpaired) electrons. The van der Waals surface area contributed by atoms with E-state index in [1.807, 2.05) is 24.3 Å². The molecule has 4 nitrogen and oxygen atoms in total. The molecule has 0 aliphatic heterocycles. The fraction of sp³-hybridized carbons (Fsp3) is 0.455. The van der Waals surface area contributed by atoms with Crippen molar-refractivity contribution in [2.24, 2.45) is 0 Å². The lowest BCUT2D eigenvalue weighted by molar-refractivity contribution is 0.0459. The second kappa shape index (κ2) is 8.12. The van der Waals surface area contributed by atoms with Crippen molar-refractivity contribution in [2.45, 2.75) is 6.61 Å². The lowest BCUT2D eigenvalue weighted by atomic mass is 10.2. The van der Waals surface area contributed by atoms with Crippen LogP contribution < -0.4 is 0 Å². The van der Waals surface area contributed by atoms with E-state index in [1.165, 1.54) is 0 Å². The molecule has 0 fully saturated rings. The molecule has 1 aromatic rings. The lowest BCUT2D eigenvalue weighted by Crippen LogP contribution is -2.10. The van der Waals surface area contributed by atoms with Crippen molar-refractivity contribution in [1.29, 1.82) is 0 Å². The minimum absolute atomic E-state index is 0.0908. The molecule has 18 heavy (non-hydrogen) atoms. The van der Waals surface area contributed by atoms with Crippen LogP contribution in [-0.2, 0) is 25.1 Å². The van der Waals surface area contributed by atoms with Gasteiger partial charge in [0.15, 0.2) is 0 Å². The summed E-state index contributed by atoms with van der Waals surface area (Å²) in [5.74, 6) is -0.179. The molecule has 1 aromatic carbocycles. The van der Waals surface area contributed by atoms with E-state index in [0.717, 1.165) is 10.0 Å². The van der Waals surface area contributed by atoms with E-state index in [9.17, 15) is 8.42 Å². The first-order valence-corrected chi connectivity index (χ1v) is 8.57. The molecule has 0 aliphatic carbocycles. The largest absolute Gasteiger partial charge is 0.378 e.